The number of rotatable bonds is 7. The van der Waals surface area contributed by atoms with Crippen LogP contribution >= 0.6 is 10.5 Å². The van der Waals surface area contributed by atoms with E-state index in [4.69, 9.17) is 15.0 Å². The van der Waals surface area contributed by atoms with Crippen LogP contribution in [0.3, 0.4) is 0 Å². The first-order valence-corrected chi connectivity index (χ1v) is 13.4. The van der Waals surface area contributed by atoms with Crippen molar-refractivity contribution in [1.82, 2.24) is 14.5 Å². The molecule has 1 atom stereocenters. The number of benzene rings is 1. The molecule has 0 N–H and O–H groups in total. The third kappa shape index (κ3) is 4.27. The summed E-state index contributed by atoms with van der Waals surface area (Å²) in [5.41, 5.74) is 8.56. The van der Waals surface area contributed by atoms with Gasteiger partial charge in [0.1, 0.15) is 16.7 Å². The minimum Gasteiger partial charge on any atom is -0.333 e. The van der Waals surface area contributed by atoms with Gasteiger partial charge in [0.2, 0.25) is 0 Å². The second kappa shape index (κ2) is 10.1. The van der Waals surface area contributed by atoms with Crippen molar-refractivity contribution in [2.45, 2.75) is 0 Å². The molecule has 178 valence electrons. The monoisotopic (exact) mass is 489 g/mol. The van der Waals surface area contributed by atoms with Gasteiger partial charge in [0.05, 0.1) is 34.7 Å². The molecule has 0 bridgehead atoms. The number of aromatic nitrogens is 3. The lowest BCUT2D eigenvalue weighted by atomic mass is 10.2. The summed E-state index contributed by atoms with van der Waals surface area (Å²) in [5, 5.41) is 2.17. The Bertz CT molecular complexity index is 1620. The van der Waals surface area contributed by atoms with Crippen LogP contribution in [0.25, 0.3) is 27.8 Å². The predicted octanol–water partition coefficient (Wildman–Crippen LogP) is 7.10. The highest BCUT2D eigenvalue weighted by atomic mass is 32.2. The average Bonchev–Trinajstić information content (AvgIpc) is 3.41. The molecule has 36 heavy (non-hydrogen) atoms. The molecule has 0 fully saturated rings. The average molecular weight is 490 g/mol. The summed E-state index contributed by atoms with van der Waals surface area (Å²) in [4.78, 5) is 16.9. The molecule has 1 aliphatic rings. The number of hydrogen-bond acceptors (Lipinski definition) is 4. The van der Waals surface area contributed by atoms with Gasteiger partial charge in [-0.2, -0.15) is 10.5 Å². The molecule has 4 aromatic rings. The Morgan fingerprint density at radius 1 is 1.03 bits per heavy atom. The molecule has 4 heterocycles. The molecule has 5 nitrogen and oxygen atoms in total. The maximum atomic E-state index is 5.18. The van der Waals surface area contributed by atoms with Crippen molar-refractivity contribution >= 4 is 61.2 Å². The molecule has 5 rings (SSSR count). The van der Waals surface area contributed by atoms with Crippen molar-refractivity contribution in [2.24, 2.45) is 4.99 Å². The predicted molar refractivity (Wildman–Crippen MR) is 159 cm³/mol. The van der Waals surface area contributed by atoms with Gasteiger partial charge >= 0.3 is 0 Å². The minimum atomic E-state index is -0.170. The lowest BCUT2D eigenvalue weighted by Gasteiger charge is -2.19. The summed E-state index contributed by atoms with van der Waals surface area (Å²) in [7, 11) is -0.170. The highest BCUT2D eigenvalue weighted by molar-refractivity contribution is 8.16. The molecular weight excluding hydrogens is 462 g/mol. The molecule has 0 amide bonds. The Morgan fingerprint density at radius 3 is 2.58 bits per heavy atom. The summed E-state index contributed by atoms with van der Waals surface area (Å²) in [5.74, 6) is 4.22. The molecule has 0 saturated carbocycles. The molecule has 0 radical (unpaired) electrons. The van der Waals surface area contributed by atoms with Crippen LogP contribution in [0.4, 0.5) is 11.4 Å². The van der Waals surface area contributed by atoms with Crippen LogP contribution in [-0.4, -0.2) is 38.9 Å². The van der Waals surface area contributed by atoms with Crippen LogP contribution in [0.1, 0.15) is 5.69 Å². The van der Waals surface area contributed by atoms with Crippen LogP contribution in [0.15, 0.2) is 115 Å². The summed E-state index contributed by atoms with van der Waals surface area (Å²) in [6, 6.07) is 16.6. The van der Waals surface area contributed by atoms with E-state index < -0.39 is 0 Å². The summed E-state index contributed by atoms with van der Waals surface area (Å²) in [6.07, 6.45) is 15.0. The van der Waals surface area contributed by atoms with Gasteiger partial charge in [-0.3, -0.25) is 9.98 Å². The van der Waals surface area contributed by atoms with Gasteiger partial charge in [-0.15, -0.1) is 0 Å². The van der Waals surface area contributed by atoms with Crippen molar-refractivity contribution in [1.29, 1.82) is 0 Å². The van der Waals surface area contributed by atoms with E-state index in [2.05, 4.69) is 70.5 Å². The second-order valence-electron chi connectivity index (χ2n) is 8.33. The van der Waals surface area contributed by atoms with E-state index >= 15 is 0 Å². The third-order valence-electron chi connectivity index (χ3n) is 5.85. The Hall–Kier alpha value is -4.29. The van der Waals surface area contributed by atoms with Gasteiger partial charge in [-0.25, -0.2) is 4.98 Å². The van der Waals surface area contributed by atoms with Gasteiger partial charge in [0.15, 0.2) is 0 Å². The SMILES string of the molecule is C=C/C=C\N=C1CN(c2ccccc2)c2cc3c(nc21)c1ncccc1n3C(/C=C\C=C)=C/S(=C)C. The van der Waals surface area contributed by atoms with Crippen LogP contribution in [0, 0.1) is 0 Å². The highest BCUT2D eigenvalue weighted by Gasteiger charge is 2.30. The van der Waals surface area contributed by atoms with Crippen LogP contribution in [0.2, 0.25) is 0 Å². The lowest BCUT2D eigenvalue weighted by Crippen LogP contribution is -2.16. The van der Waals surface area contributed by atoms with Crippen LogP contribution < -0.4 is 4.90 Å². The fourth-order valence-electron chi connectivity index (χ4n) is 4.41. The Labute approximate surface area is 213 Å². The van der Waals surface area contributed by atoms with Gasteiger partial charge in [-0.1, -0.05) is 55.5 Å². The number of fused-ring (bicyclic) bond motifs is 4. The zero-order valence-corrected chi connectivity index (χ0v) is 21.0. The summed E-state index contributed by atoms with van der Waals surface area (Å²) >= 11 is 0. The lowest BCUT2D eigenvalue weighted by molar-refractivity contribution is 1.16. The second-order valence-corrected chi connectivity index (χ2v) is 9.95. The normalized spacial score (nSPS) is 16.0. The van der Waals surface area contributed by atoms with Gasteiger partial charge in [-0.05, 0) is 54.1 Å². The number of aliphatic imine (C=N–C) groups is 1. The van der Waals surface area contributed by atoms with Gasteiger partial charge in [0, 0.05) is 18.1 Å². The standard InChI is InChI=1S/C30H27N5S/c1-5-7-13-23(21-36(3)4)35-25-16-12-18-32-29(25)30-27(35)19-26-28(33-30)24(31-17-8-6-2)20-34(26)22-14-10-9-11-15-22/h5-19,21H,1-3,20H2,4H3/b13-7-,17-8-,23-21+,31-24?. The molecule has 0 saturated heterocycles. The number of para-hydroxylation sites is 1. The van der Waals surface area contributed by atoms with Crippen molar-refractivity contribution in [2.75, 3.05) is 17.7 Å². The fraction of sp³-hybridized carbons (Fsp3) is 0.0667. The molecule has 3 aromatic heterocycles. The van der Waals surface area contributed by atoms with Gasteiger partial charge in [0.25, 0.3) is 0 Å². The molecule has 6 heteroatoms. The number of allylic oxidation sites excluding steroid dienone is 6. The molecule has 1 unspecified atom stereocenters. The van der Waals surface area contributed by atoms with Gasteiger partial charge < -0.3 is 9.47 Å². The van der Waals surface area contributed by atoms with Crippen molar-refractivity contribution in [3.63, 3.8) is 0 Å². The number of hydrogen-bond donors (Lipinski definition) is 0. The Morgan fingerprint density at radius 2 is 1.83 bits per heavy atom. The first-order chi connectivity index (χ1) is 17.6. The van der Waals surface area contributed by atoms with E-state index in [9.17, 15) is 0 Å². The molecular formula is C30H27N5S. The van der Waals surface area contributed by atoms with Crippen LogP contribution in [-0.2, 0) is 0 Å². The summed E-state index contributed by atoms with van der Waals surface area (Å²) < 4.78 is 2.22. The maximum absolute atomic E-state index is 5.18. The van der Waals surface area contributed by atoms with Crippen molar-refractivity contribution in [3.05, 3.63) is 116 Å². The van der Waals surface area contributed by atoms with E-state index in [1.54, 1.807) is 18.4 Å². The quantitative estimate of drug-likeness (QED) is 0.206. The first-order valence-electron chi connectivity index (χ1n) is 11.6. The smallest absolute Gasteiger partial charge is 0.116 e. The molecule has 0 spiro atoms. The van der Waals surface area contributed by atoms with Crippen molar-refractivity contribution in [3.8, 4) is 0 Å². The van der Waals surface area contributed by atoms with E-state index in [1.165, 1.54) is 0 Å². The van der Waals surface area contributed by atoms with Crippen LogP contribution in [0.5, 0.6) is 0 Å². The third-order valence-corrected chi connectivity index (χ3v) is 6.49. The Kier molecular flexibility index (Phi) is 6.60. The zero-order chi connectivity index (χ0) is 25.1. The highest BCUT2D eigenvalue weighted by Crippen LogP contribution is 2.39. The molecule has 1 aromatic carbocycles. The number of pyridine rings is 2. The zero-order valence-electron chi connectivity index (χ0n) is 20.2. The van der Waals surface area contributed by atoms with E-state index in [1.807, 2.05) is 42.6 Å². The van der Waals surface area contributed by atoms with Crippen molar-refractivity contribution < 1.29 is 0 Å². The molecule has 1 aliphatic heterocycles. The maximum Gasteiger partial charge on any atom is 0.116 e. The largest absolute Gasteiger partial charge is 0.333 e. The van der Waals surface area contributed by atoms with E-state index in [-0.39, 0.29) is 10.5 Å². The minimum absolute atomic E-state index is 0.170. The van der Waals surface area contributed by atoms with E-state index in [0.29, 0.717) is 6.54 Å². The number of anilines is 2. The number of nitrogens with zero attached hydrogens (tertiary/aromatic N) is 5. The fourth-order valence-corrected chi connectivity index (χ4v) is 5.00. The first kappa shape index (κ1) is 23.5. The topological polar surface area (TPSA) is 46.3 Å². The summed E-state index contributed by atoms with van der Waals surface area (Å²) in [6.45, 7) is 8.24. The Balaban J connectivity index is 1.85. The molecule has 0 aliphatic carbocycles. The van der Waals surface area contributed by atoms with E-state index in [0.717, 1.165) is 50.5 Å².